The van der Waals surface area contributed by atoms with Crippen LogP contribution >= 0.6 is 11.3 Å². The molecule has 0 bridgehead atoms. The second-order valence-corrected chi connectivity index (χ2v) is 7.55. The number of ether oxygens (including phenoxy) is 3. The van der Waals surface area contributed by atoms with E-state index in [1.54, 1.807) is 49.6 Å². The summed E-state index contributed by atoms with van der Waals surface area (Å²) in [5, 5.41) is 4.98. The van der Waals surface area contributed by atoms with Gasteiger partial charge in [0, 0.05) is 34.8 Å². The van der Waals surface area contributed by atoms with Gasteiger partial charge in [-0.05, 0) is 23.6 Å². The quantitative estimate of drug-likeness (QED) is 0.560. The molecule has 0 atom stereocenters. The molecule has 2 heterocycles. The smallest absolute Gasteiger partial charge is 0.282 e. The molecule has 4 rings (SSSR count). The number of benzene rings is 2. The molecular weight excluding hydrogens is 416 g/mol. The van der Waals surface area contributed by atoms with Crippen molar-refractivity contribution in [2.24, 2.45) is 0 Å². The predicted molar refractivity (Wildman–Crippen MR) is 120 cm³/mol. The Hall–Kier alpha value is -3.78. The van der Waals surface area contributed by atoms with Gasteiger partial charge in [-0.25, -0.2) is 4.90 Å². The highest BCUT2D eigenvalue weighted by molar-refractivity contribution is 7.11. The lowest BCUT2D eigenvalue weighted by molar-refractivity contribution is -0.120. The normalized spacial score (nSPS) is 13.6. The minimum atomic E-state index is -0.466. The summed E-state index contributed by atoms with van der Waals surface area (Å²) in [5.74, 6) is 0.692. The van der Waals surface area contributed by atoms with E-state index in [1.807, 2.05) is 17.5 Å². The first-order chi connectivity index (χ1) is 15.0. The van der Waals surface area contributed by atoms with Gasteiger partial charge in [0.25, 0.3) is 11.8 Å². The maximum atomic E-state index is 13.5. The Balaban J connectivity index is 1.80. The zero-order chi connectivity index (χ0) is 22.0. The Bertz CT molecular complexity index is 1150. The molecule has 2 aromatic carbocycles. The highest BCUT2D eigenvalue weighted by Gasteiger charge is 2.41. The van der Waals surface area contributed by atoms with Crippen molar-refractivity contribution < 1.29 is 23.8 Å². The molecule has 0 fully saturated rings. The van der Waals surface area contributed by atoms with Gasteiger partial charge in [0.2, 0.25) is 0 Å². The lowest BCUT2D eigenvalue weighted by atomic mass is 10.2. The number of carbonyl (C=O) groups is 2. The summed E-state index contributed by atoms with van der Waals surface area (Å²) in [6.07, 6.45) is 0. The number of methoxy groups -OCH3 is 3. The van der Waals surface area contributed by atoms with Crippen molar-refractivity contribution in [2.45, 2.75) is 0 Å². The third kappa shape index (κ3) is 3.85. The molecule has 158 valence electrons. The van der Waals surface area contributed by atoms with Crippen LogP contribution in [0.1, 0.15) is 4.88 Å². The molecular formula is C23H20N2O5S. The second kappa shape index (κ2) is 8.53. The van der Waals surface area contributed by atoms with E-state index in [1.165, 1.54) is 25.6 Å². The number of nitrogens with zero attached hydrogens (tertiary/aromatic N) is 1. The van der Waals surface area contributed by atoms with Crippen LogP contribution in [0.2, 0.25) is 0 Å². The number of anilines is 2. The van der Waals surface area contributed by atoms with Crippen molar-refractivity contribution in [3.63, 3.8) is 0 Å². The Labute approximate surface area is 183 Å². The number of hydrogen-bond acceptors (Lipinski definition) is 7. The molecule has 0 unspecified atom stereocenters. The first kappa shape index (κ1) is 20.5. The van der Waals surface area contributed by atoms with Crippen molar-refractivity contribution >= 4 is 40.1 Å². The zero-order valence-electron chi connectivity index (χ0n) is 17.2. The Morgan fingerprint density at radius 1 is 0.806 bits per heavy atom. The summed E-state index contributed by atoms with van der Waals surface area (Å²) in [7, 11) is 4.59. The lowest BCUT2D eigenvalue weighted by Gasteiger charge is -2.17. The Morgan fingerprint density at radius 2 is 1.52 bits per heavy atom. The van der Waals surface area contributed by atoms with Crippen molar-refractivity contribution in [1.82, 2.24) is 0 Å². The van der Waals surface area contributed by atoms with Gasteiger partial charge >= 0.3 is 0 Å². The number of nitrogens with one attached hydrogen (secondary N) is 1. The Kier molecular flexibility index (Phi) is 5.64. The van der Waals surface area contributed by atoms with Crippen LogP contribution in [0.3, 0.4) is 0 Å². The molecule has 2 amide bonds. The zero-order valence-corrected chi connectivity index (χ0v) is 18.0. The van der Waals surface area contributed by atoms with Crippen LogP contribution < -0.4 is 24.4 Å². The number of imide groups is 1. The van der Waals surface area contributed by atoms with Gasteiger partial charge in [-0.2, -0.15) is 0 Å². The van der Waals surface area contributed by atoms with Crippen molar-refractivity contribution in [3.8, 4) is 17.2 Å². The van der Waals surface area contributed by atoms with E-state index >= 15 is 0 Å². The van der Waals surface area contributed by atoms with E-state index in [0.29, 0.717) is 39.1 Å². The first-order valence-electron chi connectivity index (χ1n) is 9.36. The van der Waals surface area contributed by atoms with Crippen LogP contribution in [-0.2, 0) is 9.59 Å². The van der Waals surface area contributed by atoms with Crippen LogP contribution in [0.25, 0.3) is 5.57 Å². The fourth-order valence-corrected chi connectivity index (χ4v) is 4.06. The average molecular weight is 436 g/mol. The molecule has 0 aliphatic carbocycles. The SMILES string of the molecule is COc1cccc(NC2=C(c3cccs3)C(=O)N(c3cc(OC)cc(OC)c3)C2=O)c1. The molecule has 7 nitrogen and oxygen atoms in total. The van der Waals surface area contributed by atoms with Crippen LogP contribution in [0.15, 0.2) is 65.7 Å². The number of rotatable bonds is 7. The molecule has 1 N–H and O–H groups in total. The van der Waals surface area contributed by atoms with E-state index in [4.69, 9.17) is 14.2 Å². The van der Waals surface area contributed by atoms with Gasteiger partial charge < -0.3 is 19.5 Å². The number of carbonyl (C=O) groups excluding carboxylic acids is 2. The largest absolute Gasteiger partial charge is 0.497 e. The topological polar surface area (TPSA) is 77.1 Å². The van der Waals surface area contributed by atoms with Crippen molar-refractivity contribution in [1.29, 1.82) is 0 Å². The molecule has 1 aliphatic heterocycles. The van der Waals surface area contributed by atoms with Gasteiger partial charge in [0.15, 0.2) is 0 Å². The molecule has 0 saturated heterocycles. The molecule has 0 radical (unpaired) electrons. The lowest BCUT2D eigenvalue weighted by Crippen LogP contribution is -2.32. The molecule has 0 saturated carbocycles. The highest BCUT2D eigenvalue weighted by atomic mass is 32.1. The minimum absolute atomic E-state index is 0.197. The van der Waals surface area contributed by atoms with Gasteiger partial charge in [0.1, 0.15) is 22.9 Å². The monoisotopic (exact) mass is 436 g/mol. The fourth-order valence-electron chi connectivity index (χ4n) is 3.30. The van der Waals surface area contributed by atoms with E-state index in [9.17, 15) is 9.59 Å². The van der Waals surface area contributed by atoms with Crippen LogP contribution in [0.4, 0.5) is 11.4 Å². The molecule has 8 heteroatoms. The van der Waals surface area contributed by atoms with E-state index in [0.717, 1.165) is 4.90 Å². The Morgan fingerprint density at radius 3 is 2.13 bits per heavy atom. The van der Waals surface area contributed by atoms with Gasteiger partial charge in [-0.3, -0.25) is 9.59 Å². The average Bonchev–Trinajstić information content (AvgIpc) is 3.40. The molecule has 0 spiro atoms. The number of hydrogen-bond donors (Lipinski definition) is 1. The maximum absolute atomic E-state index is 13.5. The predicted octanol–water partition coefficient (Wildman–Crippen LogP) is 4.17. The van der Waals surface area contributed by atoms with Gasteiger partial charge in [0.05, 0.1) is 32.6 Å². The molecule has 3 aromatic rings. The summed E-state index contributed by atoms with van der Waals surface area (Å²) in [6, 6.07) is 15.7. The van der Waals surface area contributed by atoms with Gasteiger partial charge in [-0.1, -0.05) is 12.1 Å². The standard InChI is InChI=1S/C23H20N2O5S/c1-28-16-7-4-6-14(10-16)24-21-20(19-8-5-9-31-19)22(26)25(23(21)27)15-11-17(29-2)13-18(12-15)30-3/h4-13,24H,1-3H3. The third-order valence-electron chi connectivity index (χ3n) is 4.78. The summed E-state index contributed by atoms with van der Waals surface area (Å²) >= 11 is 1.39. The van der Waals surface area contributed by atoms with Crippen LogP contribution in [0.5, 0.6) is 17.2 Å². The van der Waals surface area contributed by atoms with Crippen molar-refractivity contribution in [2.75, 3.05) is 31.5 Å². The minimum Gasteiger partial charge on any atom is -0.497 e. The first-order valence-corrected chi connectivity index (χ1v) is 10.2. The van der Waals surface area contributed by atoms with E-state index < -0.39 is 11.8 Å². The van der Waals surface area contributed by atoms with Crippen LogP contribution in [-0.4, -0.2) is 33.1 Å². The second-order valence-electron chi connectivity index (χ2n) is 6.60. The number of amides is 2. The molecule has 1 aromatic heterocycles. The summed E-state index contributed by atoms with van der Waals surface area (Å²) in [4.78, 5) is 28.7. The molecule has 31 heavy (non-hydrogen) atoms. The van der Waals surface area contributed by atoms with Gasteiger partial charge in [-0.15, -0.1) is 11.3 Å². The van der Waals surface area contributed by atoms with E-state index in [2.05, 4.69) is 5.32 Å². The van der Waals surface area contributed by atoms with E-state index in [-0.39, 0.29) is 5.70 Å². The highest BCUT2D eigenvalue weighted by Crippen LogP contribution is 2.38. The fraction of sp³-hybridized carbons (Fsp3) is 0.130. The third-order valence-corrected chi connectivity index (χ3v) is 5.67. The summed E-state index contributed by atoms with van der Waals surface area (Å²) in [6.45, 7) is 0. The number of thiophene rings is 1. The van der Waals surface area contributed by atoms with Crippen LogP contribution in [0, 0.1) is 0 Å². The molecule has 1 aliphatic rings. The summed E-state index contributed by atoms with van der Waals surface area (Å²) in [5.41, 5.74) is 1.50. The summed E-state index contributed by atoms with van der Waals surface area (Å²) < 4.78 is 15.9. The van der Waals surface area contributed by atoms with Crippen molar-refractivity contribution in [3.05, 3.63) is 70.6 Å². The maximum Gasteiger partial charge on any atom is 0.282 e.